The first-order valence-electron chi connectivity index (χ1n) is 9.78. The average Bonchev–Trinajstić information content (AvgIpc) is 2.74. The zero-order chi connectivity index (χ0) is 18.5. The van der Waals surface area contributed by atoms with E-state index in [-0.39, 0.29) is 5.91 Å². The highest BCUT2D eigenvalue weighted by Gasteiger charge is 2.13. The monoisotopic (exact) mass is 359 g/mol. The highest BCUT2D eigenvalue weighted by Crippen LogP contribution is 2.24. The molecule has 1 aliphatic rings. The maximum atomic E-state index is 12.6. The Morgan fingerprint density at radius 2 is 1.74 bits per heavy atom. The number of hydrogen-bond donors (Lipinski definition) is 2. The second-order valence-electron chi connectivity index (χ2n) is 7.30. The average molecular weight is 359 g/mol. The van der Waals surface area contributed by atoms with Crippen LogP contribution in [0.2, 0.25) is 0 Å². The summed E-state index contributed by atoms with van der Waals surface area (Å²) in [6.07, 6.45) is 8.49. The summed E-state index contributed by atoms with van der Waals surface area (Å²) in [5.41, 5.74) is 3.26. The van der Waals surface area contributed by atoms with Gasteiger partial charge in [-0.1, -0.05) is 37.5 Å². The van der Waals surface area contributed by atoms with Crippen molar-refractivity contribution < 1.29 is 4.79 Å². The summed E-state index contributed by atoms with van der Waals surface area (Å²) in [6.45, 7) is 1.02. The fraction of sp³-hybridized carbons (Fsp3) is 0.304. The quantitative estimate of drug-likeness (QED) is 0.634. The van der Waals surface area contributed by atoms with Gasteiger partial charge in [0.1, 0.15) is 0 Å². The second-order valence-corrected chi connectivity index (χ2v) is 7.30. The van der Waals surface area contributed by atoms with Crippen molar-refractivity contribution in [1.82, 2.24) is 4.98 Å². The highest BCUT2D eigenvalue weighted by molar-refractivity contribution is 6.08. The van der Waals surface area contributed by atoms with Crippen LogP contribution in [0.25, 0.3) is 10.9 Å². The SMILES string of the molecule is O=C(Nc1cccc2cccnc12)c1ccc(NCC2CCCCC2)cc1. The fourth-order valence-electron chi connectivity index (χ4n) is 3.79. The maximum absolute atomic E-state index is 12.6. The van der Waals surface area contributed by atoms with Gasteiger partial charge in [-0.2, -0.15) is 0 Å². The highest BCUT2D eigenvalue weighted by atomic mass is 16.1. The Balaban J connectivity index is 1.40. The molecule has 1 amide bonds. The molecule has 3 aromatic rings. The summed E-state index contributed by atoms with van der Waals surface area (Å²) in [5, 5.41) is 7.51. The minimum Gasteiger partial charge on any atom is -0.385 e. The molecule has 2 aromatic carbocycles. The van der Waals surface area contributed by atoms with Crippen LogP contribution in [-0.2, 0) is 0 Å². The van der Waals surface area contributed by atoms with Gasteiger partial charge >= 0.3 is 0 Å². The summed E-state index contributed by atoms with van der Waals surface area (Å²) in [4.78, 5) is 17.0. The number of pyridine rings is 1. The first kappa shape index (κ1) is 17.5. The lowest BCUT2D eigenvalue weighted by Gasteiger charge is -2.22. The molecule has 0 unspecified atom stereocenters. The number of para-hydroxylation sites is 1. The summed E-state index contributed by atoms with van der Waals surface area (Å²) in [5.74, 6) is 0.660. The molecule has 0 atom stereocenters. The summed E-state index contributed by atoms with van der Waals surface area (Å²) >= 11 is 0. The van der Waals surface area contributed by atoms with Crippen molar-refractivity contribution in [2.24, 2.45) is 5.92 Å². The van der Waals surface area contributed by atoms with Gasteiger partial charge < -0.3 is 10.6 Å². The Morgan fingerprint density at radius 1 is 0.963 bits per heavy atom. The van der Waals surface area contributed by atoms with Gasteiger partial charge in [0.05, 0.1) is 11.2 Å². The molecule has 2 N–H and O–H groups in total. The van der Waals surface area contributed by atoms with Gasteiger partial charge in [-0.05, 0) is 55.2 Å². The van der Waals surface area contributed by atoms with Crippen LogP contribution in [0.1, 0.15) is 42.5 Å². The third kappa shape index (κ3) is 4.27. The van der Waals surface area contributed by atoms with Crippen molar-refractivity contribution in [3.05, 3.63) is 66.4 Å². The zero-order valence-corrected chi connectivity index (χ0v) is 15.4. The van der Waals surface area contributed by atoms with Gasteiger partial charge in [0, 0.05) is 29.4 Å². The van der Waals surface area contributed by atoms with E-state index in [2.05, 4.69) is 15.6 Å². The Hall–Kier alpha value is -2.88. The Labute approximate surface area is 160 Å². The molecule has 0 bridgehead atoms. The normalized spacial score (nSPS) is 14.8. The number of carbonyl (C=O) groups is 1. The van der Waals surface area contributed by atoms with Gasteiger partial charge in [-0.3, -0.25) is 9.78 Å². The smallest absolute Gasteiger partial charge is 0.255 e. The van der Waals surface area contributed by atoms with Gasteiger partial charge in [0.25, 0.3) is 5.91 Å². The number of fused-ring (bicyclic) bond motifs is 1. The van der Waals surface area contributed by atoms with Crippen LogP contribution in [-0.4, -0.2) is 17.4 Å². The summed E-state index contributed by atoms with van der Waals surface area (Å²) in [7, 11) is 0. The minimum atomic E-state index is -0.119. The van der Waals surface area contributed by atoms with E-state index in [9.17, 15) is 4.79 Å². The standard InChI is InChI=1S/C23H25N3O/c27-23(26-21-10-4-8-18-9-5-15-24-22(18)21)19-11-13-20(14-12-19)25-16-17-6-2-1-3-7-17/h4-5,8-15,17,25H,1-3,6-7,16H2,(H,26,27). The number of benzene rings is 2. The topological polar surface area (TPSA) is 54.0 Å². The Morgan fingerprint density at radius 3 is 2.56 bits per heavy atom. The molecule has 1 saturated carbocycles. The predicted octanol–water partition coefficient (Wildman–Crippen LogP) is 5.48. The Kier molecular flexibility index (Phi) is 5.33. The number of anilines is 2. The van der Waals surface area contributed by atoms with E-state index in [1.54, 1.807) is 6.20 Å². The van der Waals surface area contributed by atoms with Crippen molar-refractivity contribution in [3.8, 4) is 0 Å². The number of aromatic nitrogens is 1. The van der Waals surface area contributed by atoms with Crippen molar-refractivity contribution >= 4 is 28.2 Å². The van der Waals surface area contributed by atoms with Gasteiger partial charge in [-0.25, -0.2) is 0 Å². The van der Waals surface area contributed by atoms with Crippen LogP contribution in [0.3, 0.4) is 0 Å². The van der Waals surface area contributed by atoms with E-state index in [4.69, 9.17) is 0 Å². The van der Waals surface area contributed by atoms with E-state index in [1.807, 2.05) is 54.6 Å². The van der Waals surface area contributed by atoms with E-state index in [0.29, 0.717) is 5.56 Å². The van der Waals surface area contributed by atoms with E-state index >= 15 is 0 Å². The maximum Gasteiger partial charge on any atom is 0.255 e. The first-order chi connectivity index (χ1) is 13.3. The Bertz CT molecular complexity index is 909. The van der Waals surface area contributed by atoms with Gasteiger partial charge in [0.2, 0.25) is 0 Å². The lowest BCUT2D eigenvalue weighted by atomic mass is 9.89. The molecule has 0 aliphatic heterocycles. The third-order valence-corrected chi connectivity index (χ3v) is 5.35. The number of amides is 1. The molecule has 0 radical (unpaired) electrons. The molecule has 27 heavy (non-hydrogen) atoms. The van der Waals surface area contributed by atoms with Gasteiger partial charge in [-0.15, -0.1) is 0 Å². The molecular formula is C23H25N3O. The number of nitrogens with one attached hydrogen (secondary N) is 2. The van der Waals surface area contributed by atoms with Crippen molar-refractivity contribution in [3.63, 3.8) is 0 Å². The van der Waals surface area contributed by atoms with E-state index < -0.39 is 0 Å². The van der Waals surface area contributed by atoms with Crippen molar-refractivity contribution in [2.75, 3.05) is 17.2 Å². The number of rotatable bonds is 5. The molecule has 1 aliphatic carbocycles. The lowest BCUT2D eigenvalue weighted by molar-refractivity contribution is 0.102. The minimum absolute atomic E-state index is 0.119. The van der Waals surface area contributed by atoms with Crippen LogP contribution in [0.15, 0.2) is 60.8 Å². The van der Waals surface area contributed by atoms with Crippen LogP contribution in [0, 0.1) is 5.92 Å². The zero-order valence-electron chi connectivity index (χ0n) is 15.4. The first-order valence-corrected chi connectivity index (χ1v) is 9.78. The molecule has 0 spiro atoms. The summed E-state index contributed by atoms with van der Waals surface area (Å²) < 4.78 is 0. The van der Waals surface area contributed by atoms with E-state index in [0.717, 1.165) is 34.7 Å². The van der Waals surface area contributed by atoms with Crippen LogP contribution in [0.5, 0.6) is 0 Å². The number of carbonyl (C=O) groups excluding carboxylic acids is 1. The summed E-state index contributed by atoms with van der Waals surface area (Å²) in [6, 6.07) is 17.4. The molecule has 1 aromatic heterocycles. The van der Waals surface area contributed by atoms with Crippen molar-refractivity contribution in [2.45, 2.75) is 32.1 Å². The molecule has 4 rings (SSSR count). The van der Waals surface area contributed by atoms with Crippen molar-refractivity contribution in [1.29, 1.82) is 0 Å². The largest absolute Gasteiger partial charge is 0.385 e. The molecule has 1 heterocycles. The predicted molar refractivity (Wildman–Crippen MR) is 111 cm³/mol. The second kappa shape index (κ2) is 8.21. The van der Waals surface area contributed by atoms with Crippen LogP contribution >= 0.6 is 0 Å². The van der Waals surface area contributed by atoms with Crippen LogP contribution < -0.4 is 10.6 Å². The molecule has 4 nitrogen and oxygen atoms in total. The van der Waals surface area contributed by atoms with Gasteiger partial charge in [0.15, 0.2) is 0 Å². The number of hydrogen-bond acceptors (Lipinski definition) is 3. The molecular weight excluding hydrogens is 334 g/mol. The molecule has 0 saturated heterocycles. The molecule has 4 heteroatoms. The third-order valence-electron chi connectivity index (χ3n) is 5.35. The van der Waals surface area contributed by atoms with E-state index in [1.165, 1.54) is 32.1 Å². The lowest BCUT2D eigenvalue weighted by Crippen LogP contribution is -2.17. The van der Waals surface area contributed by atoms with Crippen LogP contribution in [0.4, 0.5) is 11.4 Å². The number of nitrogens with zero attached hydrogens (tertiary/aromatic N) is 1. The fourth-order valence-corrected chi connectivity index (χ4v) is 3.79. The molecule has 1 fully saturated rings. The molecule has 138 valence electrons.